The Bertz CT molecular complexity index is 1230. The number of anilines is 2. The Labute approximate surface area is 194 Å². The lowest BCUT2D eigenvalue weighted by Crippen LogP contribution is -2.26. The van der Waals surface area contributed by atoms with Gasteiger partial charge in [-0.25, -0.2) is 8.42 Å². The minimum atomic E-state index is -4.80. The summed E-state index contributed by atoms with van der Waals surface area (Å²) in [6, 6.07) is 17.3. The van der Waals surface area contributed by atoms with E-state index in [9.17, 15) is 26.4 Å². The van der Waals surface area contributed by atoms with E-state index < -0.39 is 28.0 Å². The molecule has 0 saturated heterocycles. The number of rotatable bonds is 8. The molecule has 7 nitrogen and oxygen atoms in total. The highest BCUT2D eigenvalue weighted by atomic mass is 32.2. The number of sulfonamides is 1. The first-order chi connectivity index (χ1) is 15.9. The van der Waals surface area contributed by atoms with Gasteiger partial charge < -0.3 is 14.8 Å². The van der Waals surface area contributed by atoms with Crippen LogP contribution in [0.25, 0.3) is 0 Å². The number of halogens is 3. The van der Waals surface area contributed by atoms with E-state index in [0.717, 1.165) is 22.0 Å². The largest absolute Gasteiger partial charge is 0.573 e. The van der Waals surface area contributed by atoms with Crippen LogP contribution in [-0.2, 0) is 14.8 Å². The maximum Gasteiger partial charge on any atom is 0.573 e. The summed E-state index contributed by atoms with van der Waals surface area (Å²) in [5.74, 6) is -0.613. The van der Waals surface area contributed by atoms with Gasteiger partial charge in [0, 0.05) is 12.7 Å². The number of aryl methyl sites for hydroxylation is 1. The molecule has 0 heterocycles. The molecule has 34 heavy (non-hydrogen) atoms. The fraction of sp³-hybridized carbons (Fsp3) is 0.174. The van der Waals surface area contributed by atoms with Crippen molar-refractivity contribution in [2.45, 2.75) is 18.2 Å². The molecule has 1 N–H and O–H groups in total. The summed E-state index contributed by atoms with van der Waals surface area (Å²) in [4.78, 5) is 12.2. The van der Waals surface area contributed by atoms with Crippen molar-refractivity contribution in [1.82, 2.24) is 0 Å². The summed E-state index contributed by atoms with van der Waals surface area (Å²) < 4.78 is 72.4. The lowest BCUT2D eigenvalue weighted by molar-refractivity contribution is -0.274. The summed E-state index contributed by atoms with van der Waals surface area (Å²) in [6.45, 7) is 1.50. The zero-order chi connectivity index (χ0) is 24.9. The molecule has 11 heteroatoms. The van der Waals surface area contributed by atoms with E-state index >= 15 is 0 Å². The van der Waals surface area contributed by atoms with E-state index in [0.29, 0.717) is 11.4 Å². The first-order valence-electron chi connectivity index (χ1n) is 9.88. The van der Waals surface area contributed by atoms with Crippen LogP contribution < -0.4 is 19.1 Å². The molecule has 0 aliphatic rings. The van der Waals surface area contributed by atoms with Crippen LogP contribution in [-0.4, -0.2) is 34.3 Å². The third-order valence-electron chi connectivity index (χ3n) is 4.62. The van der Waals surface area contributed by atoms with E-state index in [1.54, 1.807) is 24.3 Å². The van der Waals surface area contributed by atoms with Gasteiger partial charge >= 0.3 is 6.36 Å². The van der Waals surface area contributed by atoms with Crippen molar-refractivity contribution in [2.75, 3.05) is 23.3 Å². The summed E-state index contributed by atoms with van der Waals surface area (Å²) >= 11 is 0. The first-order valence-corrected chi connectivity index (χ1v) is 11.3. The minimum Gasteiger partial charge on any atom is -0.484 e. The maximum atomic E-state index is 12.8. The van der Waals surface area contributed by atoms with Crippen molar-refractivity contribution in [3.8, 4) is 11.5 Å². The van der Waals surface area contributed by atoms with Crippen molar-refractivity contribution in [2.24, 2.45) is 0 Å². The fourth-order valence-corrected chi connectivity index (χ4v) is 4.04. The highest BCUT2D eigenvalue weighted by Gasteiger charge is 2.31. The first kappa shape index (κ1) is 24.9. The number of nitrogens with zero attached hydrogens (tertiary/aromatic N) is 1. The van der Waals surface area contributed by atoms with Gasteiger partial charge in [-0.15, -0.1) is 13.2 Å². The van der Waals surface area contributed by atoms with Crippen LogP contribution in [0.5, 0.6) is 11.5 Å². The third-order valence-corrected chi connectivity index (χ3v) is 6.42. The number of hydrogen-bond donors (Lipinski definition) is 1. The Morgan fingerprint density at radius 1 is 0.912 bits per heavy atom. The molecule has 0 radical (unpaired) electrons. The van der Waals surface area contributed by atoms with Crippen LogP contribution in [0.2, 0.25) is 0 Å². The summed E-state index contributed by atoms with van der Waals surface area (Å²) in [5.41, 5.74) is 1.61. The Morgan fingerprint density at radius 2 is 1.47 bits per heavy atom. The SMILES string of the molecule is Cc1ccc(S(=O)(=O)N(C)c2ccc(OCC(=O)Nc3ccc(OC(F)(F)F)cc3)cc2)cc1. The average Bonchev–Trinajstić information content (AvgIpc) is 2.78. The molecule has 0 saturated carbocycles. The van der Waals surface area contributed by atoms with Crippen LogP contribution in [0.3, 0.4) is 0 Å². The van der Waals surface area contributed by atoms with E-state index in [4.69, 9.17) is 4.74 Å². The second-order valence-corrected chi connectivity index (χ2v) is 9.16. The average molecular weight is 494 g/mol. The van der Waals surface area contributed by atoms with Crippen LogP contribution in [0.4, 0.5) is 24.5 Å². The molecule has 0 fully saturated rings. The Kier molecular flexibility index (Phi) is 7.35. The van der Waals surface area contributed by atoms with E-state index in [2.05, 4.69) is 10.1 Å². The zero-order valence-corrected chi connectivity index (χ0v) is 19.0. The molecule has 3 aromatic carbocycles. The number of amides is 1. The summed E-state index contributed by atoms with van der Waals surface area (Å²) in [6.07, 6.45) is -4.80. The Hall–Kier alpha value is -3.73. The lowest BCUT2D eigenvalue weighted by Gasteiger charge is -2.20. The van der Waals surface area contributed by atoms with Crippen molar-refractivity contribution >= 4 is 27.3 Å². The van der Waals surface area contributed by atoms with Gasteiger partial charge in [0.1, 0.15) is 11.5 Å². The number of carbonyl (C=O) groups is 1. The zero-order valence-electron chi connectivity index (χ0n) is 18.2. The van der Waals surface area contributed by atoms with E-state index in [-0.39, 0.29) is 17.2 Å². The van der Waals surface area contributed by atoms with Gasteiger partial charge in [-0.05, 0) is 67.6 Å². The second kappa shape index (κ2) is 10.0. The molecule has 180 valence electrons. The summed E-state index contributed by atoms with van der Waals surface area (Å²) in [7, 11) is -2.30. The number of benzene rings is 3. The van der Waals surface area contributed by atoms with Gasteiger partial charge in [0.05, 0.1) is 10.6 Å². The molecule has 1 amide bonds. The van der Waals surface area contributed by atoms with E-state index in [1.807, 2.05) is 6.92 Å². The minimum absolute atomic E-state index is 0.163. The van der Waals surface area contributed by atoms with Crippen molar-refractivity contribution in [1.29, 1.82) is 0 Å². The molecule has 0 aliphatic carbocycles. The van der Waals surface area contributed by atoms with Crippen LogP contribution >= 0.6 is 0 Å². The molecule has 0 unspecified atom stereocenters. The van der Waals surface area contributed by atoms with Gasteiger partial charge in [0.25, 0.3) is 15.9 Å². The smallest absolute Gasteiger partial charge is 0.484 e. The Balaban J connectivity index is 1.55. The van der Waals surface area contributed by atoms with Gasteiger partial charge in [0.2, 0.25) is 0 Å². The predicted octanol–water partition coefficient (Wildman–Crippen LogP) is 4.74. The lowest BCUT2D eigenvalue weighted by atomic mass is 10.2. The molecular weight excluding hydrogens is 473 g/mol. The van der Waals surface area contributed by atoms with Crippen LogP contribution in [0.1, 0.15) is 5.56 Å². The summed E-state index contributed by atoms with van der Waals surface area (Å²) in [5, 5.41) is 2.49. The molecule has 0 aliphatic heterocycles. The Morgan fingerprint density at radius 3 is 2.03 bits per heavy atom. The molecule has 3 aromatic rings. The van der Waals surface area contributed by atoms with Gasteiger partial charge in [-0.1, -0.05) is 17.7 Å². The molecule has 0 spiro atoms. The quantitative estimate of drug-likeness (QED) is 0.489. The third kappa shape index (κ3) is 6.64. The van der Waals surface area contributed by atoms with Gasteiger partial charge in [-0.2, -0.15) is 0 Å². The number of alkyl halides is 3. The van der Waals surface area contributed by atoms with Crippen molar-refractivity contribution in [3.63, 3.8) is 0 Å². The monoisotopic (exact) mass is 494 g/mol. The number of carbonyl (C=O) groups excluding carboxylic acids is 1. The molecule has 3 rings (SSSR count). The predicted molar refractivity (Wildman–Crippen MR) is 120 cm³/mol. The number of hydrogen-bond acceptors (Lipinski definition) is 5. The number of ether oxygens (including phenoxy) is 2. The fourth-order valence-electron chi connectivity index (χ4n) is 2.85. The highest BCUT2D eigenvalue weighted by molar-refractivity contribution is 7.92. The van der Waals surface area contributed by atoms with Gasteiger partial charge in [0.15, 0.2) is 6.61 Å². The van der Waals surface area contributed by atoms with E-state index in [1.165, 1.54) is 43.4 Å². The van der Waals surface area contributed by atoms with Crippen molar-refractivity contribution in [3.05, 3.63) is 78.4 Å². The highest BCUT2D eigenvalue weighted by Crippen LogP contribution is 2.25. The van der Waals surface area contributed by atoms with Crippen molar-refractivity contribution < 1.29 is 35.9 Å². The normalized spacial score (nSPS) is 11.6. The molecule has 0 atom stereocenters. The molecule has 0 aromatic heterocycles. The van der Waals surface area contributed by atoms with Gasteiger partial charge in [-0.3, -0.25) is 9.10 Å². The molecular formula is C23H21F3N2O5S. The molecule has 0 bridgehead atoms. The second-order valence-electron chi connectivity index (χ2n) is 7.19. The standard InChI is InChI=1S/C23H21F3N2O5S/c1-16-3-13-21(14-4-16)34(30,31)28(2)18-7-11-19(12-8-18)32-15-22(29)27-17-5-9-20(10-6-17)33-23(24,25)26/h3-14H,15H2,1-2H3,(H,27,29). The number of nitrogens with one attached hydrogen (secondary N) is 1. The topological polar surface area (TPSA) is 84.9 Å². The van der Waals surface area contributed by atoms with Crippen LogP contribution in [0, 0.1) is 6.92 Å². The van der Waals surface area contributed by atoms with Crippen LogP contribution in [0.15, 0.2) is 77.7 Å². The maximum absolute atomic E-state index is 12.8.